The lowest BCUT2D eigenvalue weighted by atomic mass is 10.3. The number of ether oxygens (including phenoxy) is 1. The van der Waals surface area contributed by atoms with Crippen LogP contribution in [0, 0.1) is 0 Å². The first-order valence-electron chi connectivity index (χ1n) is 5.12. The second-order valence-electron chi connectivity index (χ2n) is 3.38. The molecule has 0 saturated carbocycles. The summed E-state index contributed by atoms with van der Waals surface area (Å²) >= 11 is 6.20. The quantitative estimate of drug-likeness (QED) is 0.819. The molecule has 0 bridgehead atoms. The zero-order chi connectivity index (χ0) is 11.5. The Morgan fingerprint density at radius 3 is 2.88 bits per heavy atom. The Labute approximate surface area is 99.6 Å². The van der Waals surface area contributed by atoms with Crippen LogP contribution in [0.1, 0.15) is 12.7 Å². The molecule has 1 aromatic heterocycles. The van der Waals surface area contributed by atoms with Gasteiger partial charge in [0, 0.05) is 24.9 Å². The summed E-state index contributed by atoms with van der Waals surface area (Å²) in [6.07, 6.45) is 4.56. The molecule has 0 amide bonds. The van der Waals surface area contributed by atoms with E-state index in [1.165, 1.54) is 0 Å². The molecule has 2 aromatic rings. The maximum absolute atomic E-state index is 6.20. The van der Waals surface area contributed by atoms with Gasteiger partial charge in [-0.3, -0.25) is 0 Å². The molecule has 0 unspecified atom stereocenters. The molecule has 0 radical (unpaired) electrons. The van der Waals surface area contributed by atoms with E-state index in [0.29, 0.717) is 5.02 Å². The fraction of sp³-hybridized carbons (Fsp3) is 0.250. The van der Waals surface area contributed by atoms with Gasteiger partial charge in [-0.05, 0) is 12.1 Å². The van der Waals surface area contributed by atoms with Crippen LogP contribution in [0.25, 0.3) is 5.69 Å². The molecule has 16 heavy (non-hydrogen) atoms. The highest BCUT2D eigenvalue weighted by atomic mass is 35.5. The summed E-state index contributed by atoms with van der Waals surface area (Å²) < 4.78 is 7.10. The third-order valence-electron chi connectivity index (χ3n) is 2.45. The van der Waals surface area contributed by atoms with E-state index in [9.17, 15) is 0 Å². The van der Waals surface area contributed by atoms with Crippen LogP contribution in [0.2, 0.25) is 5.02 Å². The van der Waals surface area contributed by atoms with Crippen LogP contribution < -0.4 is 4.74 Å². The predicted octanol–water partition coefficient (Wildman–Crippen LogP) is 3.10. The summed E-state index contributed by atoms with van der Waals surface area (Å²) in [5.41, 5.74) is 0.928. The van der Waals surface area contributed by atoms with Crippen molar-refractivity contribution < 1.29 is 4.74 Å². The molecule has 0 atom stereocenters. The standard InChI is InChI=1S/C12H13ClN2O/c1-3-12-14-6-7-15(12)11-5-4-9(16-2)8-10(11)13/h4-8H,3H2,1-2H3. The Bertz CT molecular complexity index is 494. The number of hydrogen-bond acceptors (Lipinski definition) is 2. The zero-order valence-corrected chi connectivity index (χ0v) is 10.0. The summed E-state index contributed by atoms with van der Waals surface area (Å²) in [6, 6.07) is 5.62. The second kappa shape index (κ2) is 4.58. The van der Waals surface area contributed by atoms with Crippen LogP contribution in [0.15, 0.2) is 30.6 Å². The molecule has 0 aliphatic heterocycles. The lowest BCUT2D eigenvalue weighted by molar-refractivity contribution is 0.415. The predicted molar refractivity (Wildman–Crippen MR) is 64.5 cm³/mol. The van der Waals surface area contributed by atoms with Crippen LogP contribution in [0.3, 0.4) is 0 Å². The van der Waals surface area contributed by atoms with Gasteiger partial charge < -0.3 is 9.30 Å². The van der Waals surface area contributed by atoms with E-state index in [2.05, 4.69) is 11.9 Å². The summed E-state index contributed by atoms with van der Waals surface area (Å²) in [4.78, 5) is 4.27. The number of benzene rings is 1. The Kier molecular flexibility index (Phi) is 3.15. The van der Waals surface area contributed by atoms with E-state index in [0.717, 1.165) is 23.7 Å². The van der Waals surface area contributed by atoms with Gasteiger partial charge >= 0.3 is 0 Å². The van der Waals surface area contributed by atoms with Crippen molar-refractivity contribution in [2.75, 3.05) is 7.11 Å². The van der Waals surface area contributed by atoms with Crippen molar-refractivity contribution >= 4 is 11.6 Å². The molecule has 0 N–H and O–H groups in total. The van der Waals surface area contributed by atoms with Gasteiger partial charge in [0.1, 0.15) is 11.6 Å². The van der Waals surface area contributed by atoms with Crippen molar-refractivity contribution in [2.24, 2.45) is 0 Å². The van der Waals surface area contributed by atoms with Crippen LogP contribution >= 0.6 is 11.6 Å². The molecule has 0 aliphatic rings. The average molecular weight is 237 g/mol. The highest BCUT2D eigenvalue weighted by molar-refractivity contribution is 6.32. The van der Waals surface area contributed by atoms with E-state index in [4.69, 9.17) is 16.3 Å². The van der Waals surface area contributed by atoms with E-state index in [-0.39, 0.29) is 0 Å². The number of imidazole rings is 1. The van der Waals surface area contributed by atoms with Crippen molar-refractivity contribution in [3.8, 4) is 11.4 Å². The van der Waals surface area contributed by atoms with Crippen LogP contribution in [-0.2, 0) is 6.42 Å². The minimum absolute atomic E-state index is 0.659. The zero-order valence-electron chi connectivity index (χ0n) is 9.27. The number of nitrogens with zero attached hydrogens (tertiary/aromatic N) is 2. The second-order valence-corrected chi connectivity index (χ2v) is 3.79. The van der Waals surface area contributed by atoms with Gasteiger partial charge in [0.05, 0.1) is 17.8 Å². The topological polar surface area (TPSA) is 27.1 Å². The summed E-state index contributed by atoms with van der Waals surface area (Å²) in [5, 5.41) is 0.659. The number of methoxy groups -OCH3 is 1. The highest BCUT2D eigenvalue weighted by Crippen LogP contribution is 2.26. The van der Waals surface area contributed by atoms with Crippen molar-refractivity contribution in [1.82, 2.24) is 9.55 Å². The van der Waals surface area contributed by atoms with Gasteiger partial charge in [-0.15, -0.1) is 0 Å². The van der Waals surface area contributed by atoms with Gasteiger partial charge in [0.25, 0.3) is 0 Å². The first-order valence-corrected chi connectivity index (χ1v) is 5.50. The molecule has 4 heteroatoms. The molecule has 2 rings (SSSR count). The molecule has 0 saturated heterocycles. The average Bonchev–Trinajstić information content (AvgIpc) is 2.76. The van der Waals surface area contributed by atoms with Gasteiger partial charge in [0.2, 0.25) is 0 Å². The summed E-state index contributed by atoms with van der Waals surface area (Å²) in [5.74, 6) is 1.75. The lowest BCUT2D eigenvalue weighted by Crippen LogP contribution is -1.99. The van der Waals surface area contributed by atoms with Crippen molar-refractivity contribution in [1.29, 1.82) is 0 Å². The SMILES string of the molecule is CCc1nccn1-c1ccc(OC)cc1Cl. The van der Waals surface area contributed by atoms with Gasteiger partial charge in [-0.25, -0.2) is 4.98 Å². The molecule has 1 heterocycles. The highest BCUT2D eigenvalue weighted by Gasteiger charge is 2.07. The number of aromatic nitrogens is 2. The Morgan fingerprint density at radius 2 is 2.25 bits per heavy atom. The third kappa shape index (κ3) is 1.91. The molecule has 0 spiro atoms. The van der Waals surface area contributed by atoms with Crippen LogP contribution in [0.4, 0.5) is 0 Å². The molecular weight excluding hydrogens is 224 g/mol. The van der Waals surface area contributed by atoms with Gasteiger partial charge in [0.15, 0.2) is 0 Å². The lowest BCUT2D eigenvalue weighted by Gasteiger charge is -2.09. The fourth-order valence-corrected chi connectivity index (χ4v) is 1.89. The molecule has 0 fully saturated rings. The van der Waals surface area contributed by atoms with E-state index < -0.39 is 0 Å². The largest absolute Gasteiger partial charge is 0.497 e. The Hall–Kier alpha value is -1.48. The first-order chi connectivity index (χ1) is 7.76. The minimum Gasteiger partial charge on any atom is -0.497 e. The maximum atomic E-state index is 6.20. The van der Waals surface area contributed by atoms with Crippen LogP contribution in [-0.4, -0.2) is 16.7 Å². The Balaban J connectivity index is 2.48. The van der Waals surface area contributed by atoms with Crippen LogP contribution in [0.5, 0.6) is 5.75 Å². The smallest absolute Gasteiger partial charge is 0.120 e. The molecular formula is C12H13ClN2O. The molecule has 1 aromatic carbocycles. The number of rotatable bonds is 3. The first kappa shape index (κ1) is 11.0. The van der Waals surface area contributed by atoms with Gasteiger partial charge in [-0.1, -0.05) is 18.5 Å². The minimum atomic E-state index is 0.659. The van der Waals surface area contributed by atoms with Gasteiger partial charge in [-0.2, -0.15) is 0 Å². The van der Waals surface area contributed by atoms with E-state index >= 15 is 0 Å². The van der Waals surface area contributed by atoms with Crippen molar-refractivity contribution in [3.63, 3.8) is 0 Å². The summed E-state index contributed by atoms with van der Waals surface area (Å²) in [6.45, 7) is 2.07. The molecule has 3 nitrogen and oxygen atoms in total. The number of aryl methyl sites for hydroxylation is 1. The number of halogens is 1. The maximum Gasteiger partial charge on any atom is 0.120 e. The number of hydrogen-bond donors (Lipinski definition) is 0. The summed E-state index contributed by atoms with van der Waals surface area (Å²) in [7, 11) is 1.63. The Morgan fingerprint density at radius 1 is 1.44 bits per heavy atom. The van der Waals surface area contributed by atoms with Crippen molar-refractivity contribution in [2.45, 2.75) is 13.3 Å². The van der Waals surface area contributed by atoms with Crippen molar-refractivity contribution in [3.05, 3.63) is 41.4 Å². The molecule has 84 valence electrons. The molecule has 0 aliphatic carbocycles. The van der Waals surface area contributed by atoms with E-state index in [1.54, 1.807) is 19.4 Å². The fourth-order valence-electron chi connectivity index (χ4n) is 1.63. The monoisotopic (exact) mass is 236 g/mol. The van der Waals surface area contributed by atoms with E-state index in [1.807, 2.05) is 22.9 Å². The normalized spacial score (nSPS) is 10.4. The third-order valence-corrected chi connectivity index (χ3v) is 2.75.